The van der Waals surface area contributed by atoms with Gasteiger partial charge in [0.05, 0.1) is 37.3 Å². The van der Waals surface area contributed by atoms with E-state index < -0.39 is 17.6 Å². The number of hydrogen-bond donors (Lipinski definition) is 1. The molecule has 7 nitrogen and oxygen atoms in total. The Bertz CT molecular complexity index is 692. The molecule has 2 saturated heterocycles. The molecule has 26 heavy (non-hydrogen) atoms. The highest BCUT2D eigenvalue weighted by Gasteiger charge is 2.38. The first-order valence-electron chi connectivity index (χ1n) is 8.20. The van der Waals surface area contributed by atoms with Crippen LogP contribution in [-0.4, -0.2) is 59.0 Å². The Hall–Kier alpha value is -2.36. The van der Waals surface area contributed by atoms with Crippen LogP contribution >= 0.6 is 0 Å². The maximum absolute atomic E-state index is 12.7. The fourth-order valence-corrected chi connectivity index (χ4v) is 3.00. The van der Waals surface area contributed by atoms with Gasteiger partial charge in [0.25, 0.3) is 0 Å². The van der Waals surface area contributed by atoms with E-state index >= 15 is 0 Å². The van der Waals surface area contributed by atoms with Crippen LogP contribution in [0.3, 0.4) is 0 Å². The molecule has 3 amide bonds. The van der Waals surface area contributed by atoms with Crippen LogP contribution in [0.2, 0.25) is 0 Å². The molecule has 0 unspecified atom stereocenters. The summed E-state index contributed by atoms with van der Waals surface area (Å²) in [5.41, 5.74) is 4.76. The van der Waals surface area contributed by atoms with E-state index in [9.17, 15) is 22.8 Å². The number of likely N-dealkylation sites (tertiary alicyclic amines) is 2. The van der Waals surface area contributed by atoms with Crippen molar-refractivity contribution in [1.29, 1.82) is 0 Å². The van der Waals surface area contributed by atoms with Gasteiger partial charge in [-0.3, -0.25) is 9.78 Å². The van der Waals surface area contributed by atoms with Crippen molar-refractivity contribution in [1.82, 2.24) is 14.8 Å². The van der Waals surface area contributed by atoms with E-state index in [1.54, 1.807) is 9.80 Å². The van der Waals surface area contributed by atoms with Crippen molar-refractivity contribution < 1.29 is 27.5 Å². The molecule has 0 aromatic carbocycles. The number of aromatic nitrogens is 1. The average Bonchev–Trinajstić information content (AvgIpc) is 3.03. The number of primary amides is 1. The van der Waals surface area contributed by atoms with Gasteiger partial charge in [-0.25, -0.2) is 4.79 Å². The average molecular weight is 372 g/mol. The van der Waals surface area contributed by atoms with E-state index in [0.29, 0.717) is 38.2 Å². The summed E-state index contributed by atoms with van der Waals surface area (Å²) < 4.78 is 43.5. The highest BCUT2D eigenvalue weighted by atomic mass is 19.4. The minimum Gasteiger partial charge on any atom is -0.370 e. The summed E-state index contributed by atoms with van der Waals surface area (Å²) in [6, 6.07) is 0.831. The third-order valence-electron chi connectivity index (χ3n) is 4.59. The summed E-state index contributed by atoms with van der Waals surface area (Å²) >= 11 is 0. The van der Waals surface area contributed by atoms with Crippen LogP contribution in [0.5, 0.6) is 0 Å². The Morgan fingerprint density at radius 3 is 2.58 bits per heavy atom. The number of ether oxygens (including phenoxy) is 1. The molecule has 142 valence electrons. The van der Waals surface area contributed by atoms with Crippen LogP contribution in [0.1, 0.15) is 17.5 Å². The first-order valence-corrected chi connectivity index (χ1v) is 8.20. The standard InChI is InChI=1S/C16H19F3N4O3/c17-16(18,19)12-3-10(4-21-5-12)9-26-13-7-23(8-13)15(25)22-2-1-11(6-22)14(20)24/h3-5,11,13H,1-2,6-9H2,(H2,20,24)/t11-/m0/s1. The van der Waals surface area contributed by atoms with E-state index in [0.717, 1.165) is 12.3 Å². The SMILES string of the molecule is NC(=O)[C@H]1CCN(C(=O)N2CC(OCc3cncc(C(F)(F)F)c3)C2)C1. The molecule has 0 saturated carbocycles. The molecule has 0 aliphatic carbocycles. The van der Waals surface area contributed by atoms with Crippen LogP contribution in [0.15, 0.2) is 18.5 Å². The van der Waals surface area contributed by atoms with Gasteiger partial charge in [-0.1, -0.05) is 0 Å². The lowest BCUT2D eigenvalue weighted by Gasteiger charge is -2.40. The monoisotopic (exact) mass is 372 g/mol. The van der Waals surface area contributed by atoms with Crippen LogP contribution in [0.25, 0.3) is 0 Å². The highest BCUT2D eigenvalue weighted by molar-refractivity contribution is 5.80. The molecule has 10 heteroatoms. The second kappa shape index (κ2) is 7.10. The van der Waals surface area contributed by atoms with Gasteiger partial charge in [-0.15, -0.1) is 0 Å². The Balaban J connectivity index is 1.43. The van der Waals surface area contributed by atoms with Crippen LogP contribution < -0.4 is 5.73 Å². The summed E-state index contributed by atoms with van der Waals surface area (Å²) in [5, 5.41) is 0. The van der Waals surface area contributed by atoms with Crippen molar-refractivity contribution in [2.45, 2.75) is 25.3 Å². The molecular weight excluding hydrogens is 353 g/mol. The normalized spacial score (nSPS) is 21.0. The van der Waals surface area contributed by atoms with Crippen molar-refractivity contribution in [3.8, 4) is 0 Å². The number of hydrogen-bond acceptors (Lipinski definition) is 4. The van der Waals surface area contributed by atoms with Gasteiger partial charge in [0.2, 0.25) is 5.91 Å². The third kappa shape index (κ3) is 4.06. The predicted molar refractivity (Wildman–Crippen MR) is 83.7 cm³/mol. The van der Waals surface area contributed by atoms with Gasteiger partial charge in [-0.05, 0) is 18.1 Å². The quantitative estimate of drug-likeness (QED) is 0.861. The van der Waals surface area contributed by atoms with E-state index in [4.69, 9.17) is 10.5 Å². The number of amides is 3. The molecule has 3 rings (SSSR count). The van der Waals surface area contributed by atoms with E-state index in [1.165, 1.54) is 6.20 Å². The number of rotatable bonds is 4. The zero-order valence-corrected chi connectivity index (χ0v) is 13.9. The van der Waals surface area contributed by atoms with Crippen molar-refractivity contribution in [2.75, 3.05) is 26.2 Å². The molecule has 2 N–H and O–H groups in total. The van der Waals surface area contributed by atoms with E-state index in [-0.39, 0.29) is 24.7 Å². The first-order chi connectivity index (χ1) is 12.2. The van der Waals surface area contributed by atoms with Gasteiger partial charge < -0.3 is 20.3 Å². The smallest absolute Gasteiger partial charge is 0.370 e. The molecule has 1 aromatic rings. The van der Waals surface area contributed by atoms with Gasteiger partial charge in [0, 0.05) is 25.5 Å². The number of carbonyl (C=O) groups excluding carboxylic acids is 2. The number of alkyl halides is 3. The summed E-state index contributed by atoms with van der Waals surface area (Å²) in [5.74, 6) is -0.708. The van der Waals surface area contributed by atoms with Gasteiger partial charge in [0.15, 0.2) is 0 Å². The minimum atomic E-state index is -4.44. The number of halogens is 3. The molecule has 1 aromatic heterocycles. The van der Waals surface area contributed by atoms with Gasteiger partial charge >= 0.3 is 12.2 Å². The molecule has 1 atom stereocenters. The Morgan fingerprint density at radius 2 is 1.96 bits per heavy atom. The fourth-order valence-electron chi connectivity index (χ4n) is 3.00. The molecule has 0 spiro atoms. The van der Waals surface area contributed by atoms with E-state index in [1.807, 2.05) is 0 Å². The number of nitrogens with two attached hydrogens (primary N) is 1. The fraction of sp³-hybridized carbons (Fsp3) is 0.562. The van der Waals surface area contributed by atoms with Crippen molar-refractivity contribution in [3.05, 3.63) is 29.6 Å². The number of pyridine rings is 1. The summed E-state index contributed by atoms with van der Waals surface area (Å²) in [7, 11) is 0. The van der Waals surface area contributed by atoms with Crippen LogP contribution in [-0.2, 0) is 22.3 Å². The zero-order chi connectivity index (χ0) is 18.9. The van der Waals surface area contributed by atoms with Crippen molar-refractivity contribution in [3.63, 3.8) is 0 Å². The lowest BCUT2D eigenvalue weighted by atomic mass is 10.1. The Kier molecular flexibility index (Phi) is 5.03. The Morgan fingerprint density at radius 1 is 1.23 bits per heavy atom. The largest absolute Gasteiger partial charge is 0.417 e. The second-order valence-electron chi connectivity index (χ2n) is 6.53. The zero-order valence-electron chi connectivity index (χ0n) is 13.9. The van der Waals surface area contributed by atoms with Crippen molar-refractivity contribution >= 4 is 11.9 Å². The highest BCUT2D eigenvalue weighted by Crippen LogP contribution is 2.29. The van der Waals surface area contributed by atoms with Crippen LogP contribution in [0.4, 0.5) is 18.0 Å². The number of carbonyl (C=O) groups is 2. The second-order valence-corrected chi connectivity index (χ2v) is 6.53. The first kappa shape index (κ1) is 18.4. The summed E-state index contributed by atoms with van der Waals surface area (Å²) in [4.78, 5) is 30.2. The Labute approximate surface area is 147 Å². The summed E-state index contributed by atoms with van der Waals surface area (Å²) in [6.45, 7) is 1.54. The molecule has 2 fully saturated rings. The number of nitrogens with zero attached hydrogens (tertiary/aromatic N) is 3. The third-order valence-corrected chi connectivity index (χ3v) is 4.59. The van der Waals surface area contributed by atoms with Crippen molar-refractivity contribution in [2.24, 2.45) is 11.7 Å². The minimum absolute atomic E-state index is 0.00290. The molecular formula is C16H19F3N4O3. The molecule has 3 heterocycles. The van der Waals surface area contributed by atoms with Gasteiger partial charge in [-0.2, -0.15) is 13.2 Å². The molecule has 0 bridgehead atoms. The maximum atomic E-state index is 12.7. The van der Waals surface area contributed by atoms with E-state index in [2.05, 4.69) is 4.98 Å². The summed E-state index contributed by atoms with van der Waals surface area (Å²) in [6.07, 6.45) is -2.02. The number of urea groups is 1. The molecule has 0 radical (unpaired) electrons. The lowest BCUT2D eigenvalue weighted by molar-refractivity contribution is -0.138. The topological polar surface area (TPSA) is 88.8 Å². The maximum Gasteiger partial charge on any atom is 0.417 e. The van der Waals surface area contributed by atoms with Crippen LogP contribution in [0, 0.1) is 5.92 Å². The lowest BCUT2D eigenvalue weighted by Crippen LogP contribution is -2.58. The van der Waals surface area contributed by atoms with Gasteiger partial charge in [0.1, 0.15) is 0 Å². The predicted octanol–water partition coefficient (Wildman–Crippen LogP) is 1.23. The molecule has 2 aliphatic heterocycles. The molecule has 2 aliphatic rings.